The van der Waals surface area contributed by atoms with Gasteiger partial charge in [-0.05, 0) is 6.42 Å². The van der Waals surface area contributed by atoms with Crippen LogP contribution in [0.1, 0.15) is 68.2 Å². The number of amides is 3. The Morgan fingerprint density at radius 3 is 1.69 bits per heavy atom. The van der Waals surface area contributed by atoms with E-state index >= 15 is 0 Å². The van der Waals surface area contributed by atoms with Gasteiger partial charge in [-0.2, -0.15) is 0 Å². The second-order valence-corrected chi connectivity index (χ2v) is 14.2. The molecule has 2 heterocycles. The Balaban J connectivity index is 1.65. The molecule has 23 nitrogen and oxygen atoms in total. The molecule has 2 aliphatic heterocycles. The minimum absolute atomic E-state index is 0.00232. The zero-order valence-corrected chi connectivity index (χ0v) is 36.0. The Labute approximate surface area is 354 Å². The molecule has 5 N–H and O–H groups in total. The van der Waals surface area contributed by atoms with E-state index in [2.05, 4.69) is 16.0 Å². The quantitative estimate of drug-likeness (QED) is 0.0461. The van der Waals surface area contributed by atoms with Crippen LogP contribution in [0, 0.1) is 11.8 Å². The van der Waals surface area contributed by atoms with E-state index in [-0.39, 0.29) is 78.1 Å². The first kappa shape index (κ1) is 52.6. The van der Waals surface area contributed by atoms with Crippen molar-refractivity contribution in [3.05, 3.63) is 0 Å². The zero-order valence-electron chi connectivity index (χ0n) is 36.0. The van der Waals surface area contributed by atoms with Crippen LogP contribution in [0.3, 0.4) is 0 Å². The molecule has 23 heteroatoms. The van der Waals surface area contributed by atoms with Gasteiger partial charge in [0, 0.05) is 72.9 Å². The largest absolute Gasteiger partial charge is 0.463 e. The zero-order chi connectivity index (χ0) is 45.6. The third-order valence-corrected chi connectivity index (χ3v) is 9.03. The summed E-state index contributed by atoms with van der Waals surface area (Å²) in [6, 6.07) is -1.82. The highest BCUT2D eigenvalue weighted by Gasteiger charge is 2.50. The molecular weight excluding hydrogens is 816 g/mol. The number of esters is 5. The molecular formula is C38H62N4O19. The van der Waals surface area contributed by atoms with E-state index in [1.807, 2.05) is 0 Å². The summed E-state index contributed by atoms with van der Waals surface area (Å²) in [5.41, 5.74) is 5.96. The molecule has 348 valence electrons. The average Bonchev–Trinajstić information content (AvgIpc) is 3.16. The van der Waals surface area contributed by atoms with Crippen LogP contribution in [0.25, 0.3) is 0 Å². The lowest BCUT2D eigenvalue weighted by Crippen LogP contribution is -2.63. The van der Waals surface area contributed by atoms with Gasteiger partial charge in [-0.1, -0.05) is 13.8 Å². The summed E-state index contributed by atoms with van der Waals surface area (Å²) < 4.78 is 60.7. The SMILES string of the molecule is CC(=O)N[C@H]1C(OCCOCCNC(=O)C(N)CCC(=O)NCCOCCOC2O[C@H](OC(C)=O)[C@H](OC(C)=O)[C@H](OC(C)=O)[C@H]2C)O[C@H](COC(C)=O)[C@H](C)[C@@H]1OC(C)=O. The summed E-state index contributed by atoms with van der Waals surface area (Å²) in [5, 5.41) is 8.01. The highest BCUT2D eigenvalue weighted by atomic mass is 16.8. The Bertz CT molecular complexity index is 1470. The van der Waals surface area contributed by atoms with E-state index in [9.17, 15) is 38.4 Å². The van der Waals surface area contributed by atoms with Crippen LogP contribution in [0.2, 0.25) is 0 Å². The van der Waals surface area contributed by atoms with Gasteiger partial charge in [0.2, 0.25) is 30.1 Å². The normalized spacial score (nSPS) is 26.4. The molecule has 2 saturated heterocycles. The Hall–Kier alpha value is -4.52. The molecule has 0 radical (unpaired) electrons. The van der Waals surface area contributed by atoms with Gasteiger partial charge in [-0.3, -0.25) is 38.4 Å². The van der Waals surface area contributed by atoms with Crippen LogP contribution in [-0.2, 0) is 90.5 Å². The Kier molecular flexibility index (Phi) is 23.7. The van der Waals surface area contributed by atoms with Crippen molar-refractivity contribution >= 4 is 47.6 Å². The van der Waals surface area contributed by atoms with Crippen LogP contribution in [0.4, 0.5) is 0 Å². The van der Waals surface area contributed by atoms with Crippen molar-refractivity contribution in [3.8, 4) is 0 Å². The second kappa shape index (κ2) is 27.4. The molecule has 2 aliphatic rings. The van der Waals surface area contributed by atoms with E-state index in [0.717, 1.165) is 13.8 Å². The molecule has 2 rings (SSSR count). The summed E-state index contributed by atoms with van der Waals surface area (Å²) >= 11 is 0. The van der Waals surface area contributed by atoms with E-state index in [1.54, 1.807) is 13.8 Å². The molecule has 3 unspecified atom stereocenters. The fourth-order valence-corrected chi connectivity index (χ4v) is 6.23. The molecule has 0 aliphatic carbocycles. The highest BCUT2D eigenvalue weighted by molar-refractivity contribution is 5.83. The van der Waals surface area contributed by atoms with Crippen LogP contribution in [0.5, 0.6) is 0 Å². The van der Waals surface area contributed by atoms with Gasteiger partial charge >= 0.3 is 29.8 Å². The Morgan fingerprint density at radius 2 is 1.13 bits per heavy atom. The van der Waals surface area contributed by atoms with Crippen molar-refractivity contribution in [2.24, 2.45) is 17.6 Å². The van der Waals surface area contributed by atoms with E-state index in [1.165, 1.54) is 27.7 Å². The number of carbonyl (C=O) groups excluding carboxylic acids is 8. The first-order valence-corrected chi connectivity index (χ1v) is 19.9. The van der Waals surface area contributed by atoms with Crippen LogP contribution in [-0.4, -0.2) is 162 Å². The fraction of sp³-hybridized carbons (Fsp3) is 0.789. The molecule has 0 spiro atoms. The predicted molar refractivity (Wildman–Crippen MR) is 205 cm³/mol. The van der Waals surface area contributed by atoms with E-state index in [0.29, 0.717) is 0 Å². The summed E-state index contributed by atoms with van der Waals surface area (Å²) in [7, 11) is 0. The number of rotatable bonds is 25. The Morgan fingerprint density at radius 1 is 0.590 bits per heavy atom. The van der Waals surface area contributed by atoms with Crippen molar-refractivity contribution in [1.29, 1.82) is 0 Å². The lowest BCUT2D eigenvalue weighted by molar-refractivity contribution is -0.331. The third-order valence-electron chi connectivity index (χ3n) is 9.03. The maximum absolute atomic E-state index is 12.4. The monoisotopic (exact) mass is 878 g/mol. The summed E-state index contributed by atoms with van der Waals surface area (Å²) in [4.78, 5) is 95.1. The number of hydrogen-bond acceptors (Lipinski definition) is 20. The number of ether oxygens (including phenoxy) is 11. The van der Waals surface area contributed by atoms with Crippen molar-refractivity contribution in [1.82, 2.24) is 16.0 Å². The molecule has 0 aromatic heterocycles. The van der Waals surface area contributed by atoms with E-state index in [4.69, 9.17) is 57.8 Å². The first-order valence-electron chi connectivity index (χ1n) is 19.9. The van der Waals surface area contributed by atoms with Crippen LogP contribution >= 0.6 is 0 Å². The number of nitrogens with one attached hydrogen (secondary N) is 3. The topological polar surface area (TPSA) is 300 Å². The maximum Gasteiger partial charge on any atom is 0.305 e. The maximum atomic E-state index is 12.4. The minimum atomic E-state index is -1.39. The standard InChI is InChI=1S/C38H62N4O19/c1-20-29(19-55-23(4)44)60-37(31(42-22(3)43)32(20)56-24(5)45)54-18-16-52-14-12-41-35(50)28(39)9-10-30(49)40-11-13-51-15-17-53-36-21(2)33(57-25(6)46)34(58-26(7)47)38(61-36)59-27(8)48/h20-21,28-29,31-34,36-38H,9-19,39H2,1-8H3,(H,40,49)(H,41,50)(H,42,43)/t20-,21+,28?,29+,31+,32-,33+,34+,36?,37?,38-/m0/s1. The molecule has 3 amide bonds. The highest BCUT2D eigenvalue weighted by Crippen LogP contribution is 2.32. The second-order valence-electron chi connectivity index (χ2n) is 14.2. The summed E-state index contributed by atoms with van der Waals surface area (Å²) in [6.07, 6.45) is -7.20. The van der Waals surface area contributed by atoms with Crippen molar-refractivity contribution in [2.75, 3.05) is 59.3 Å². The van der Waals surface area contributed by atoms with Crippen molar-refractivity contribution in [2.45, 2.75) is 124 Å². The predicted octanol–water partition coefficient (Wildman–Crippen LogP) is -1.50. The average molecular weight is 879 g/mol. The lowest BCUT2D eigenvalue weighted by atomic mass is 9.89. The number of hydrogen-bond donors (Lipinski definition) is 4. The molecule has 0 aromatic rings. The van der Waals surface area contributed by atoms with Gasteiger partial charge in [-0.15, -0.1) is 0 Å². The number of nitrogens with two attached hydrogens (primary N) is 1. The van der Waals surface area contributed by atoms with Gasteiger partial charge in [0.15, 0.2) is 18.7 Å². The van der Waals surface area contributed by atoms with E-state index < -0.39 is 109 Å². The summed E-state index contributed by atoms with van der Waals surface area (Å²) in [5.74, 6) is -5.48. The third kappa shape index (κ3) is 19.8. The first-order chi connectivity index (χ1) is 28.8. The molecule has 11 atom stereocenters. The van der Waals surface area contributed by atoms with Gasteiger partial charge in [-0.25, -0.2) is 0 Å². The fourth-order valence-electron chi connectivity index (χ4n) is 6.23. The van der Waals surface area contributed by atoms with Crippen LogP contribution < -0.4 is 21.7 Å². The summed E-state index contributed by atoms with van der Waals surface area (Å²) in [6.45, 7) is 11.2. The van der Waals surface area contributed by atoms with Crippen molar-refractivity contribution in [3.63, 3.8) is 0 Å². The van der Waals surface area contributed by atoms with Crippen LogP contribution in [0.15, 0.2) is 0 Å². The van der Waals surface area contributed by atoms with Gasteiger partial charge in [0.1, 0.15) is 24.9 Å². The van der Waals surface area contributed by atoms with Gasteiger partial charge in [0.05, 0.1) is 45.7 Å². The molecule has 0 aromatic carbocycles. The van der Waals surface area contributed by atoms with Crippen molar-refractivity contribution < 1.29 is 90.5 Å². The molecule has 2 fully saturated rings. The van der Waals surface area contributed by atoms with Gasteiger partial charge in [0.25, 0.3) is 0 Å². The molecule has 0 bridgehead atoms. The lowest BCUT2D eigenvalue weighted by Gasteiger charge is -2.44. The molecule has 61 heavy (non-hydrogen) atoms. The molecule has 0 saturated carbocycles. The smallest absolute Gasteiger partial charge is 0.305 e. The van der Waals surface area contributed by atoms with Gasteiger partial charge < -0.3 is 73.8 Å². The minimum Gasteiger partial charge on any atom is -0.463 e. The number of carbonyl (C=O) groups is 8.